The SMILES string of the molecule is CC(C)CNC(=O)[C@H](C)N(Cc1cccc(Br)c1)C(=O)CN(c1ccc(C23CC4CC(CC(C4)C2)C3)cc1)S(C)(=O)=O. The van der Waals surface area contributed by atoms with Gasteiger partial charge in [0.05, 0.1) is 11.9 Å². The summed E-state index contributed by atoms with van der Waals surface area (Å²) in [6, 6.07) is 14.7. The Kier molecular flexibility index (Phi) is 9.10. The number of nitrogens with zero attached hydrogens (tertiary/aromatic N) is 2. The van der Waals surface area contributed by atoms with E-state index in [1.807, 2.05) is 50.2 Å². The van der Waals surface area contributed by atoms with Crippen molar-refractivity contribution < 1.29 is 18.0 Å². The fourth-order valence-corrected chi connectivity index (χ4v) is 9.22. The molecule has 6 rings (SSSR count). The Morgan fingerprint density at radius 3 is 2.10 bits per heavy atom. The molecule has 1 N–H and O–H groups in total. The van der Waals surface area contributed by atoms with Gasteiger partial charge in [0.1, 0.15) is 12.6 Å². The molecule has 4 aliphatic carbocycles. The van der Waals surface area contributed by atoms with Crippen molar-refractivity contribution in [1.29, 1.82) is 0 Å². The fourth-order valence-electron chi connectivity index (χ4n) is 7.93. The Morgan fingerprint density at radius 1 is 0.976 bits per heavy atom. The molecule has 2 aromatic carbocycles. The summed E-state index contributed by atoms with van der Waals surface area (Å²) >= 11 is 3.48. The van der Waals surface area contributed by atoms with E-state index in [9.17, 15) is 18.0 Å². The van der Waals surface area contributed by atoms with E-state index in [0.29, 0.717) is 12.2 Å². The summed E-state index contributed by atoms with van der Waals surface area (Å²) in [6.45, 7) is 5.99. The highest BCUT2D eigenvalue weighted by molar-refractivity contribution is 9.10. The van der Waals surface area contributed by atoms with Crippen LogP contribution in [0.25, 0.3) is 0 Å². The zero-order chi connectivity index (χ0) is 30.2. The van der Waals surface area contributed by atoms with Crippen LogP contribution in [-0.4, -0.2) is 50.5 Å². The molecular weight excluding hydrogens is 614 g/mol. The summed E-state index contributed by atoms with van der Waals surface area (Å²) in [5.74, 6) is 2.01. The number of sulfonamides is 1. The van der Waals surface area contributed by atoms with Crippen LogP contribution in [0.5, 0.6) is 0 Å². The second-order valence-corrected chi connectivity index (χ2v) is 16.3. The lowest BCUT2D eigenvalue weighted by molar-refractivity contribution is -0.139. The maximum absolute atomic E-state index is 13.9. The average Bonchev–Trinajstić information content (AvgIpc) is 2.91. The monoisotopic (exact) mass is 657 g/mol. The first-order valence-corrected chi connectivity index (χ1v) is 17.9. The Hall–Kier alpha value is -2.39. The van der Waals surface area contributed by atoms with Gasteiger partial charge in [-0.1, -0.05) is 54.0 Å². The number of amides is 2. The molecule has 4 bridgehead atoms. The molecular formula is C33H44BrN3O4S. The number of anilines is 1. The molecule has 1 atom stereocenters. The van der Waals surface area contributed by atoms with E-state index in [2.05, 4.69) is 33.4 Å². The van der Waals surface area contributed by atoms with Crippen LogP contribution in [-0.2, 0) is 31.6 Å². The molecule has 0 aliphatic heterocycles. The molecule has 42 heavy (non-hydrogen) atoms. The molecule has 0 aromatic heterocycles. The number of hydrogen-bond donors (Lipinski definition) is 1. The Bertz CT molecular complexity index is 1370. The van der Waals surface area contributed by atoms with Gasteiger partial charge in [-0.05, 0) is 110 Å². The molecule has 2 aromatic rings. The number of halogens is 1. The van der Waals surface area contributed by atoms with Crippen molar-refractivity contribution in [2.75, 3.05) is 23.7 Å². The highest BCUT2D eigenvalue weighted by Crippen LogP contribution is 2.60. The molecule has 7 nitrogen and oxygen atoms in total. The predicted molar refractivity (Wildman–Crippen MR) is 170 cm³/mol. The maximum atomic E-state index is 13.9. The van der Waals surface area contributed by atoms with Crippen LogP contribution in [0.4, 0.5) is 5.69 Å². The van der Waals surface area contributed by atoms with Crippen molar-refractivity contribution in [3.8, 4) is 0 Å². The molecule has 0 heterocycles. The van der Waals surface area contributed by atoms with Crippen molar-refractivity contribution in [1.82, 2.24) is 10.2 Å². The van der Waals surface area contributed by atoms with Crippen LogP contribution in [0, 0.1) is 23.7 Å². The largest absolute Gasteiger partial charge is 0.354 e. The Morgan fingerprint density at radius 2 is 1.57 bits per heavy atom. The molecule has 4 aliphatic rings. The topological polar surface area (TPSA) is 86.8 Å². The lowest BCUT2D eigenvalue weighted by Crippen LogP contribution is -2.51. The van der Waals surface area contributed by atoms with Gasteiger partial charge in [-0.25, -0.2) is 8.42 Å². The summed E-state index contributed by atoms with van der Waals surface area (Å²) in [5.41, 5.74) is 2.82. The number of rotatable bonds is 11. The minimum atomic E-state index is -3.77. The number of benzene rings is 2. The molecule has 0 saturated heterocycles. The number of nitrogens with one attached hydrogen (secondary N) is 1. The zero-order valence-corrected chi connectivity index (χ0v) is 27.6. The first-order chi connectivity index (χ1) is 19.8. The van der Waals surface area contributed by atoms with Gasteiger partial charge in [-0.2, -0.15) is 0 Å². The fraction of sp³-hybridized carbons (Fsp3) is 0.576. The van der Waals surface area contributed by atoms with E-state index in [4.69, 9.17) is 0 Å². The Balaban J connectivity index is 1.38. The highest BCUT2D eigenvalue weighted by Gasteiger charge is 2.51. The standard InChI is InChI=1S/C33H44BrN3O4S/c1-22(2)19-35-32(39)23(3)36(20-24-6-5-7-29(34)15-24)31(38)21-37(42(4,40)41)30-10-8-28(9-11-30)33-16-25-12-26(17-33)14-27(13-25)18-33/h5-11,15,22-23,25-27H,12-14,16-21H2,1-4H3,(H,35,39)/t23-,25?,26?,27?,33?/m0/s1. The van der Waals surface area contributed by atoms with Crippen LogP contribution >= 0.6 is 15.9 Å². The van der Waals surface area contributed by atoms with Gasteiger partial charge in [0.25, 0.3) is 0 Å². The third-order valence-electron chi connectivity index (χ3n) is 9.58. The van der Waals surface area contributed by atoms with Gasteiger partial charge in [-0.3, -0.25) is 13.9 Å². The van der Waals surface area contributed by atoms with Gasteiger partial charge < -0.3 is 10.2 Å². The Labute approximate surface area is 259 Å². The molecule has 0 radical (unpaired) electrons. The molecule has 4 saturated carbocycles. The number of hydrogen-bond acceptors (Lipinski definition) is 4. The van der Waals surface area contributed by atoms with Crippen LogP contribution in [0.2, 0.25) is 0 Å². The predicted octanol–water partition coefficient (Wildman–Crippen LogP) is 5.87. The van der Waals surface area contributed by atoms with Gasteiger partial charge in [0.15, 0.2) is 0 Å². The molecule has 0 spiro atoms. The van der Waals surface area contributed by atoms with Crippen molar-refractivity contribution in [2.45, 2.75) is 77.3 Å². The first kappa shape index (κ1) is 31.0. The van der Waals surface area contributed by atoms with Crippen molar-refractivity contribution in [3.63, 3.8) is 0 Å². The third kappa shape index (κ3) is 6.88. The second-order valence-electron chi connectivity index (χ2n) is 13.5. The quantitative estimate of drug-likeness (QED) is 0.327. The summed E-state index contributed by atoms with van der Waals surface area (Å²) in [5, 5.41) is 2.92. The van der Waals surface area contributed by atoms with E-state index in [1.165, 1.54) is 53.3 Å². The lowest BCUT2D eigenvalue weighted by atomic mass is 9.48. The van der Waals surface area contributed by atoms with Gasteiger partial charge in [-0.15, -0.1) is 0 Å². The minimum Gasteiger partial charge on any atom is -0.354 e. The van der Waals surface area contributed by atoms with Crippen LogP contribution in [0.1, 0.15) is 70.4 Å². The van der Waals surface area contributed by atoms with Crippen molar-refractivity contribution in [2.24, 2.45) is 23.7 Å². The lowest BCUT2D eigenvalue weighted by Gasteiger charge is -2.57. The normalized spacial score (nSPS) is 25.3. The van der Waals surface area contributed by atoms with Crippen molar-refractivity contribution in [3.05, 3.63) is 64.1 Å². The van der Waals surface area contributed by atoms with Gasteiger partial charge in [0, 0.05) is 17.6 Å². The van der Waals surface area contributed by atoms with Gasteiger partial charge >= 0.3 is 0 Å². The van der Waals surface area contributed by atoms with E-state index >= 15 is 0 Å². The van der Waals surface area contributed by atoms with E-state index in [0.717, 1.165) is 34.0 Å². The molecule has 4 fully saturated rings. The zero-order valence-electron chi connectivity index (χ0n) is 25.2. The number of carbonyl (C=O) groups excluding carboxylic acids is 2. The van der Waals surface area contributed by atoms with E-state index < -0.39 is 22.0 Å². The average molecular weight is 659 g/mol. The molecule has 0 unspecified atom stereocenters. The minimum absolute atomic E-state index is 0.178. The van der Waals surface area contributed by atoms with Gasteiger partial charge in [0.2, 0.25) is 21.8 Å². The van der Waals surface area contributed by atoms with Crippen LogP contribution in [0.15, 0.2) is 53.0 Å². The maximum Gasteiger partial charge on any atom is 0.244 e. The summed E-state index contributed by atoms with van der Waals surface area (Å²) < 4.78 is 28.1. The highest BCUT2D eigenvalue weighted by atomic mass is 79.9. The van der Waals surface area contributed by atoms with Crippen LogP contribution < -0.4 is 9.62 Å². The molecule has 2 amide bonds. The molecule has 228 valence electrons. The smallest absolute Gasteiger partial charge is 0.244 e. The molecule has 9 heteroatoms. The summed E-state index contributed by atoms with van der Waals surface area (Å²) in [7, 11) is -3.77. The first-order valence-electron chi connectivity index (χ1n) is 15.2. The van der Waals surface area contributed by atoms with Crippen molar-refractivity contribution >= 4 is 43.5 Å². The summed E-state index contributed by atoms with van der Waals surface area (Å²) in [6.07, 6.45) is 8.92. The van der Waals surface area contributed by atoms with Crippen LogP contribution in [0.3, 0.4) is 0 Å². The van der Waals surface area contributed by atoms with E-state index in [1.54, 1.807) is 6.92 Å². The van der Waals surface area contributed by atoms with E-state index in [-0.39, 0.29) is 30.3 Å². The number of carbonyl (C=O) groups is 2. The second kappa shape index (κ2) is 12.3. The summed E-state index contributed by atoms with van der Waals surface area (Å²) in [4.78, 5) is 28.4. The third-order valence-corrected chi connectivity index (χ3v) is 11.2.